The Morgan fingerprint density at radius 2 is 2.29 bits per heavy atom. The molecule has 2 rings (SSSR count). The van der Waals surface area contributed by atoms with E-state index in [9.17, 15) is 4.79 Å². The van der Waals surface area contributed by atoms with E-state index >= 15 is 0 Å². The zero-order valence-corrected chi connectivity index (χ0v) is 11.0. The lowest BCUT2D eigenvalue weighted by Crippen LogP contribution is -2.20. The fraction of sp³-hybridized carbons (Fsp3) is 0.333. The largest absolute Gasteiger partial charge is 0.330 e. The first-order valence-corrected chi connectivity index (χ1v) is 6.29. The van der Waals surface area contributed by atoms with Gasteiger partial charge in [0.2, 0.25) is 5.91 Å². The number of benzene rings is 1. The van der Waals surface area contributed by atoms with Gasteiger partial charge in [0.1, 0.15) is 0 Å². The van der Waals surface area contributed by atoms with Crippen molar-refractivity contribution in [1.29, 1.82) is 0 Å². The highest BCUT2D eigenvalue weighted by atomic mass is 79.9. The Morgan fingerprint density at radius 3 is 3.00 bits per heavy atom. The molecule has 1 aromatic rings. The Bertz CT molecular complexity index is 459. The zero-order chi connectivity index (χ0) is 12.3. The molecule has 0 atom stereocenters. The molecule has 0 bridgehead atoms. The fourth-order valence-electron chi connectivity index (χ4n) is 1.76. The van der Waals surface area contributed by atoms with Crippen LogP contribution in [-0.4, -0.2) is 23.2 Å². The van der Waals surface area contributed by atoms with Gasteiger partial charge >= 0.3 is 0 Å². The molecular formula is C12H14BrN3O. The molecular weight excluding hydrogens is 282 g/mol. The van der Waals surface area contributed by atoms with Crippen LogP contribution >= 0.6 is 15.9 Å². The van der Waals surface area contributed by atoms with E-state index in [-0.39, 0.29) is 5.91 Å². The van der Waals surface area contributed by atoms with Gasteiger partial charge in [-0.05, 0) is 24.2 Å². The van der Waals surface area contributed by atoms with E-state index in [1.807, 2.05) is 24.3 Å². The van der Waals surface area contributed by atoms with Crippen LogP contribution in [-0.2, 0) is 11.3 Å². The molecule has 0 radical (unpaired) electrons. The molecule has 1 amide bonds. The van der Waals surface area contributed by atoms with Crippen molar-refractivity contribution in [1.82, 2.24) is 5.01 Å². The third kappa shape index (κ3) is 3.14. The lowest BCUT2D eigenvalue weighted by atomic mass is 10.2. The van der Waals surface area contributed by atoms with Gasteiger partial charge in [-0.25, -0.2) is 5.01 Å². The lowest BCUT2D eigenvalue weighted by Gasteiger charge is -2.11. The summed E-state index contributed by atoms with van der Waals surface area (Å²) in [6.07, 6.45) is 1.10. The van der Waals surface area contributed by atoms with Crippen molar-refractivity contribution in [3.63, 3.8) is 0 Å². The molecule has 2 N–H and O–H groups in total. The summed E-state index contributed by atoms with van der Waals surface area (Å²) in [5, 5.41) is 5.81. The van der Waals surface area contributed by atoms with Gasteiger partial charge in [0.05, 0.1) is 13.0 Å². The van der Waals surface area contributed by atoms with Crippen LogP contribution in [0.1, 0.15) is 18.4 Å². The van der Waals surface area contributed by atoms with Crippen molar-refractivity contribution in [2.24, 2.45) is 10.8 Å². The van der Waals surface area contributed by atoms with Crippen molar-refractivity contribution in [3.05, 3.63) is 34.3 Å². The van der Waals surface area contributed by atoms with Crippen molar-refractivity contribution in [2.45, 2.75) is 19.4 Å². The first kappa shape index (κ1) is 12.3. The highest BCUT2D eigenvalue weighted by Crippen LogP contribution is 2.17. The maximum Gasteiger partial charge on any atom is 0.248 e. The Morgan fingerprint density at radius 1 is 1.47 bits per heavy atom. The highest BCUT2D eigenvalue weighted by molar-refractivity contribution is 9.10. The second kappa shape index (κ2) is 5.42. The molecule has 0 fully saturated rings. The zero-order valence-electron chi connectivity index (χ0n) is 9.40. The number of carbonyl (C=O) groups is 1. The second-order valence-corrected chi connectivity index (χ2v) is 4.88. The maximum atomic E-state index is 11.7. The predicted molar refractivity (Wildman–Crippen MR) is 70.4 cm³/mol. The summed E-state index contributed by atoms with van der Waals surface area (Å²) in [7, 11) is 0. The monoisotopic (exact) mass is 295 g/mol. The van der Waals surface area contributed by atoms with Gasteiger partial charge in [-0.2, -0.15) is 5.10 Å². The first-order valence-electron chi connectivity index (χ1n) is 5.50. The normalized spacial score (nSPS) is 15.3. The average Bonchev–Trinajstić information content (AvgIpc) is 2.60. The molecule has 1 aliphatic heterocycles. The fourth-order valence-corrected chi connectivity index (χ4v) is 2.21. The molecule has 1 heterocycles. The number of hydrazone groups is 1. The summed E-state index contributed by atoms with van der Waals surface area (Å²) in [5.41, 5.74) is 7.40. The van der Waals surface area contributed by atoms with Gasteiger partial charge in [0, 0.05) is 16.6 Å². The minimum Gasteiger partial charge on any atom is -0.330 e. The summed E-state index contributed by atoms with van der Waals surface area (Å²) in [6, 6.07) is 7.88. The highest BCUT2D eigenvalue weighted by Gasteiger charge is 2.22. The van der Waals surface area contributed by atoms with E-state index in [2.05, 4.69) is 21.0 Å². The number of amides is 1. The van der Waals surface area contributed by atoms with Gasteiger partial charge in [0.25, 0.3) is 0 Å². The maximum absolute atomic E-state index is 11.7. The van der Waals surface area contributed by atoms with Crippen molar-refractivity contribution in [3.8, 4) is 0 Å². The quantitative estimate of drug-likeness (QED) is 0.922. The third-order valence-corrected chi connectivity index (χ3v) is 3.05. The molecule has 0 spiro atoms. The van der Waals surface area contributed by atoms with Crippen LogP contribution in [0.4, 0.5) is 0 Å². The van der Waals surface area contributed by atoms with E-state index < -0.39 is 0 Å². The second-order valence-electron chi connectivity index (χ2n) is 3.96. The van der Waals surface area contributed by atoms with Crippen LogP contribution in [0.25, 0.3) is 0 Å². The van der Waals surface area contributed by atoms with E-state index in [0.29, 0.717) is 25.9 Å². The van der Waals surface area contributed by atoms with E-state index in [4.69, 9.17) is 5.73 Å². The Kier molecular flexibility index (Phi) is 3.91. The molecule has 0 aromatic heterocycles. The van der Waals surface area contributed by atoms with Crippen molar-refractivity contribution in [2.75, 3.05) is 6.54 Å². The number of hydrogen-bond acceptors (Lipinski definition) is 3. The number of nitrogens with two attached hydrogens (primary N) is 1. The van der Waals surface area contributed by atoms with Crippen LogP contribution in [0.15, 0.2) is 33.8 Å². The minimum atomic E-state index is 0.0495. The summed E-state index contributed by atoms with van der Waals surface area (Å²) in [4.78, 5) is 11.7. The van der Waals surface area contributed by atoms with E-state index in [1.165, 1.54) is 5.01 Å². The molecule has 4 nitrogen and oxygen atoms in total. The molecule has 0 unspecified atom stereocenters. The van der Waals surface area contributed by atoms with Crippen LogP contribution in [0.2, 0.25) is 0 Å². The Balaban J connectivity index is 2.06. The van der Waals surface area contributed by atoms with Gasteiger partial charge < -0.3 is 5.73 Å². The Hall–Kier alpha value is -1.20. The SMILES string of the molecule is NCCC1=NN(Cc2cccc(Br)c2)C(=O)C1. The van der Waals surface area contributed by atoms with Gasteiger partial charge in [-0.1, -0.05) is 28.1 Å². The summed E-state index contributed by atoms with van der Waals surface area (Å²) < 4.78 is 1.01. The number of rotatable bonds is 4. The molecule has 1 aromatic carbocycles. The molecule has 17 heavy (non-hydrogen) atoms. The summed E-state index contributed by atoms with van der Waals surface area (Å²) in [5.74, 6) is 0.0495. The molecule has 0 aliphatic carbocycles. The molecule has 1 aliphatic rings. The van der Waals surface area contributed by atoms with Gasteiger partial charge in [0.15, 0.2) is 0 Å². The number of halogens is 1. The summed E-state index contributed by atoms with van der Waals surface area (Å²) >= 11 is 3.41. The Labute approximate surface area is 109 Å². The number of hydrogen-bond donors (Lipinski definition) is 1. The van der Waals surface area contributed by atoms with Gasteiger partial charge in [-0.3, -0.25) is 4.79 Å². The summed E-state index contributed by atoms with van der Waals surface area (Å²) in [6.45, 7) is 1.06. The van der Waals surface area contributed by atoms with E-state index in [1.54, 1.807) is 0 Å². The smallest absolute Gasteiger partial charge is 0.248 e. The first-order chi connectivity index (χ1) is 8.19. The lowest BCUT2D eigenvalue weighted by molar-refractivity contribution is -0.129. The topological polar surface area (TPSA) is 58.7 Å². The van der Waals surface area contributed by atoms with Crippen LogP contribution < -0.4 is 5.73 Å². The van der Waals surface area contributed by atoms with Gasteiger partial charge in [-0.15, -0.1) is 0 Å². The average molecular weight is 296 g/mol. The van der Waals surface area contributed by atoms with E-state index in [0.717, 1.165) is 15.7 Å². The van der Waals surface area contributed by atoms with Crippen molar-refractivity contribution < 1.29 is 4.79 Å². The molecule has 0 saturated heterocycles. The standard InChI is InChI=1S/C12H14BrN3O/c13-10-3-1-2-9(6-10)8-16-12(17)7-11(15-16)4-5-14/h1-3,6H,4-5,7-8,14H2. The van der Waals surface area contributed by atoms with Crippen molar-refractivity contribution >= 4 is 27.5 Å². The van der Waals surface area contributed by atoms with Crippen LogP contribution in [0, 0.1) is 0 Å². The predicted octanol–water partition coefficient (Wildman–Crippen LogP) is 1.89. The third-order valence-electron chi connectivity index (χ3n) is 2.56. The molecule has 90 valence electrons. The number of carbonyl (C=O) groups excluding carboxylic acids is 1. The molecule has 0 saturated carbocycles. The van der Waals surface area contributed by atoms with Crippen LogP contribution in [0.5, 0.6) is 0 Å². The van der Waals surface area contributed by atoms with Crippen LogP contribution in [0.3, 0.4) is 0 Å². The minimum absolute atomic E-state index is 0.0495. The molecule has 5 heteroatoms. The number of nitrogens with zero attached hydrogens (tertiary/aromatic N) is 2.